The number of hydrogen-bond donors (Lipinski definition) is 4. The minimum atomic E-state index is -0.395. The zero-order chi connectivity index (χ0) is 23.3. The van der Waals surface area contributed by atoms with E-state index in [4.69, 9.17) is 0 Å². The van der Waals surface area contributed by atoms with Crippen molar-refractivity contribution >= 4 is 59.7 Å². The molecule has 11 heteroatoms. The Morgan fingerprint density at radius 1 is 0.639 bits per heavy atom. The van der Waals surface area contributed by atoms with Gasteiger partial charge in [0.1, 0.15) is 23.1 Å². The van der Waals surface area contributed by atoms with Gasteiger partial charge in [0.2, 0.25) is 0 Å². The van der Waals surface area contributed by atoms with Gasteiger partial charge in [-0.15, -0.1) is 24.8 Å². The third-order valence-corrected chi connectivity index (χ3v) is 5.40. The van der Waals surface area contributed by atoms with E-state index in [0.717, 1.165) is 49.0 Å². The molecule has 3 aromatic rings. The van der Waals surface area contributed by atoms with E-state index in [-0.39, 0.29) is 36.2 Å². The highest BCUT2D eigenvalue weighted by Crippen LogP contribution is 2.14. The number of nitrogens with one attached hydrogen (secondary N) is 4. The number of hydrogen-bond acceptors (Lipinski definition) is 7. The number of carbonyl (C=O) groups is 2. The molecule has 2 aliphatic heterocycles. The molecule has 5 rings (SSSR count). The van der Waals surface area contributed by atoms with Crippen LogP contribution in [0.2, 0.25) is 0 Å². The number of aliphatic imine (C=N–C) groups is 2. The predicted molar refractivity (Wildman–Crippen MR) is 146 cm³/mol. The summed E-state index contributed by atoms with van der Waals surface area (Å²) in [6.07, 6.45) is 0. The highest BCUT2D eigenvalue weighted by molar-refractivity contribution is 6.07. The standard InChI is InChI=1S/C25H23N7O2.2ClH/c33-24(30-18-8-4-16(5-9-18)22-26-12-13-27-22)20-2-1-3-21(32-20)25(34)31-19-10-6-17(7-11-19)23-28-14-15-29-23;;/h1-11H,12-15H2,(H,26,27)(H,28,29)(H,30,33)(H,31,34);2*1H. The Labute approximate surface area is 220 Å². The molecule has 9 nitrogen and oxygen atoms in total. The van der Waals surface area contributed by atoms with Crippen LogP contribution in [0.15, 0.2) is 76.7 Å². The normalized spacial score (nSPS) is 13.7. The molecule has 0 atom stereocenters. The van der Waals surface area contributed by atoms with Gasteiger partial charge in [0.25, 0.3) is 11.8 Å². The lowest BCUT2D eigenvalue weighted by molar-refractivity contribution is 0.101. The van der Waals surface area contributed by atoms with Crippen LogP contribution in [-0.4, -0.2) is 54.6 Å². The number of carbonyl (C=O) groups excluding carboxylic acids is 2. The van der Waals surface area contributed by atoms with Crippen LogP contribution in [0.5, 0.6) is 0 Å². The smallest absolute Gasteiger partial charge is 0.274 e. The quantitative estimate of drug-likeness (QED) is 0.394. The lowest BCUT2D eigenvalue weighted by Crippen LogP contribution is -2.20. The van der Waals surface area contributed by atoms with Gasteiger partial charge in [0.15, 0.2) is 0 Å². The number of amides is 2. The van der Waals surface area contributed by atoms with Gasteiger partial charge in [-0.2, -0.15) is 0 Å². The zero-order valence-electron chi connectivity index (χ0n) is 19.2. The summed E-state index contributed by atoms with van der Waals surface area (Å²) in [5.41, 5.74) is 3.50. The van der Waals surface area contributed by atoms with Gasteiger partial charge >= 0.3 is 0 Å². The maximum Gasteiger partial charge on any atom is 0.274 e. The van der Waals surface area contributed by atoms with Crippen molar-refractivity contribution in [1.82, 2.24) is 15.6 Å². The second-order valence-electron chi connectivity index (χ2n) is 7.79. The molecule has 2 aromatic carbocycles. The molecule has 0 radical (unpaired) electrons. The Bertz CT molecular complexity index is 1200. The number of aromatic nitrogens is 1. The maximum absolute atomic E-state index is 12.7. The largest absolute Gasteiger partial charge is 0.368 e. The number of rotatable bonds is 6. The van der Waals surface area contributed by atoms with Crippen molar-refractivity contribution in [3.05, 3.63) is 89.2 Å². The van der Waals surface area contributed by atoms with Crippen molar-refractivity contribution in [2.75, 3.05) is 36.8 Å². The molecule has 4 N–H and O–H groups in total. The van der Waals surface area contributed by atoms with E-state index in [1.54, 1.807) is 18.2 Å². The number of halogens is 2. The van der Waals surface area contributed by atoms with E-state index in [9.17, 15) is 9.59 Å². The van der Waals surface area contributed by atoms with Crippen molar-refractivity contribution in [3.63, 3.8) is 0 Å². The molecule has 0 fully saturated rings. The number of anilines is 2. The van der Waals surface area contributed by atoms with E-state index in [1.807, 2.05) is 48.5 Å². The van der Waals surface area contributed by atoms with Crippen LogP contribution in [0.25, 0.3) is 0 Å². The average molecular weight is 526 g/mol. The van der Waals surface area contributed by atoms with Gasteiger partial charge in [-0.1, -0.05) is 6.07 Å². The van der Waals surface area contributed by atoms with Crippen LogP contribution in [0.3, 0.4) is 0 Å². The highest BCUT2D eigenvalue weighted by atomic mass is 35.5. The van der Waals surface area contributed by atoms with E-state index in [0.29, 0.717) is 11.4 Å². The van der Waals surface area contributed by atoms with Gasteiger partial charge in [0.05, 0.1) is 13.1 Å². The first-order chi connectivity index (χ1) is 16.7. The summed E-state index contributed by atoms with van der Waals surface area (Å²) >= 11 is 0. The Morgan fingerprint density at radius 2 is 1.06 bits per heavy atom. The Morgan fingerprint density at radius 3 is 1.42 bits per heavy atom. The highest BCUT2D eigenvalue weighted by Gasteiger charge is 2.14. The minimum Gasteiger partial charge on any atom is -0.368 e. The summed E-state index contributed by atoms with van der Waals surface area (Å²) in [4.78, 5) is 38.4. The van der Waals surface area contributed by atoms with Crippen LogP contribution in [0.1, 0.15) is 32.1 Å². The van der Waals surface area contributed by atoms with Crippen molar-refractivity contribution in [2.24, 2.45) is 9.98 Å². The Kier molecular flexibility index (Phi) is 8.99. The monoisotopic (exact) mass is 525 g/mol. The van der Waals surface area contributed by atoms with E-state index >= 15 is 0 Å². The fourth-order valence-electron chi connectivity index (χ4n) is 3.68. The lowest BCUT2D eigenvalue weighted by atomic mass is 10.2. The van der Waals surface area contributed by atoms with E-state index in [2.05, 4.69) is 36.2 Å². The molecule has 186 valence electrons. The molecule has 0 saturated heterocycles. The summed E-state index contributed by atoms with van der Waals surface area (Å²) in [6, 6.07) is 19.6. The Hall–Kier alpha value is -3.95. The first kappa shape index (κ1) is 26.7. The number of amidine groups is 2. The fraction of sp³-hybridized carbons (Fsp3) is 0.160. The van der Waals surface area contributed by atoms with Gasteiger partial charge < -0.3 is 21.3 Å². The van der Waals surface area contributed by atoms with Gasteiger partial charge in [-0.3, -0.25) is 19.6 Å². The van der Waals surface area contributed by atoms with Gasteiger partial charge in [0, 0.05) is 35.6 Å². The minimum absolute atomic E-state index is 0. The molecule has 36 heavy (non-hydrogen) atoms. The second-order valence-corrected chi connectivity index (χ2v) is 7.79. The summed E-state index contributed by atoms with van der Waals surface area (Å²) < 4.78 is 0. The molecule has 0 saturated carbocycles. The SMILES string of the molecule is Cl.Cl.O=C(Nc1ccc(C2=NCCN2)cc1)c1cccc(C(=O)Nc2ccc(C3=NCCN3)cc2)n1. The van der Waals surface area contributed by atoms with Crippen molar-refractivity contribution in [1.29, 1.82) is 0 Å². The molecule has 0 aliphatic carbocycles. The van der Waals surface area contributed by atoms with E-state index in [1.165, 1.54) is 0 Å². The fourth-order valence-corrected chi connectivity index (χ4v) is 3.68. The topological polar surface area (TPSA) is 120 Å². The number of nitrogens with zero attached hydrogens (tertiary/aromatic N) is 3. The summed E-state index contributed by atoms with van der Waals surface area (Å²) in [5, 5.41) is 12.1. The molecule has 1 aromatic heterocycles. The molecule has 0 unspecified atom stereocenters. The molecule has 0 spiro atoms. The third kappa shape index (κ3) is 6.18. The molecule has 2 aliphatic rings. The predicted octanol–water partition coefficient (Wildman–Crippen LogP) is 3.13. The van der Waals surface area contributed by atoms with Crippen LogP contribution in [0, 0.1) is 0 Å². The van der Waals surface area contributed by atoms with E-state index < -0.39 is 11.8 Å². The van der Waals surface area contributed by atoms with Gasteiger partial charge in [-0.25, -0.2) is 4.98 Å². The summed E-state index contributed by atoms with van der Waals surface area (Å²) in [7, 11) is 0. The molecular weight excluding hydrogens is 501 g/mol. The second kappa shape index (κ2) is 12.1. The summed E-state index contributed by atoms with van der Waals surface area (Å²) in [5.74, 6) is 0.926. The molecule has 0 bridgehead atoms. The van der Waals surface area contributed by atoms with Crippen LogP contribution in [0.4, 0.5) is 11.4 Å². The van der Waals surface area contributed by atoms with Crippen LogP contribution >= 0.6 is 24.8 Å². The van der Waals surface area contributed by atoms with Crippen molar-refractivity contribution in [2.45, 2.75) is 0 Å². The zero-order valence-corrected chi connectivity index (χ0v) is 20.8. The third-order valence-electron chi connectivity index (χ3n) is 5.40. The van der Waals surface area contributed by atoms with Crippen LogP contribution < -0.4 is 21.3 Å². The van der Waals surface area contributed by atoms with Crippen LogP contribution in [-0.2, 0) is 0 Å². The number of benzene rings is 2. The maximum atomic E-state index is 12.7. The first-order valence-electron chi connectivity index (χ1n) is 11.0. The average Bonchev–Trinajstić information content (AvgIpc) is 3.60. The van der Waals surface area contributed by atoms with Crippen molar-refractivity contribution in [3.8, 4) is 0 Å². The van der Waals surface area contributed by atoms with Gasteiger partial charge in [-0.05, 0) is 60.7 Å². The number of pyridine rings is 1. The lowest BCUT2D eigenvalue weighted by Gasteiger charge is -2.09. The summed E-state index contributed by atoms with van der Waals surface area (Å²) in [6.45, 7) is 3.20. The van der Waals surface area contributed by atoms with Crippen molar-refractivity contribution < 1.29 is 9.59 Å². The molecule has 2 amide bonds. The molecule has 3 heterocycles. The Balaban J connectivity index is 0.00000180. The molecular formula is C25H25Cl2N7O2. The first-order valence-corrected chi connectivity index (χ1v) is 11.0.